The number of ether oxygens (including phenoxy) is 2. The zero-order valence-corrected chi connectivity index (χ0v) is 37.6. The van der Waals surface area contributed by atoms with Crippen molar-refractivity contribution < 1.29 is 9.47 Å². The molecule has 2 aliphatic rings. The molecule has 11 aromatic rings. The SMILES string of the molecule is c1ccc(-c2ccc(-c3cc(-c4ccc(-c5ccc6c(c5)Oc5c(ccc7c5-c5ccccc5C7(c5ccccc5)c5ccccc5)O6)cc4)cc(-c4ccc(-c5ccccc5)cc4)n3)cc2)cc1. The number of rotatable bonds is 8. The van der Waals surface area contributed by atoms with Gasteiger partial charge in [-0.3, -0.25) is 0 Å². The summed E-state index contributed by atoms with van der Waals surface area (Å²) in [4.78, 5) is 5.27. The van der Waals surface area contributed by atoms with Crippen LogP contribution in [-0.4, -0.2) is 4.98 Å². The third kappa shape index (κ3) is 6.94. The molecule has 10 aromatic carbocycles. The maximum Gasteiger partial charge on any atom is 0.178 e. The molecule has 0 saturated carbocycles. The van der Waals surface area contributed by atoms with Crippen LogP contribution in [0.3, 0.4) is 0 Å². The van der Waals surface area contributed by atoms with Crippen molar-refractivity contribution in [3.8, 4) is 101 Å². The standard InChI is InChI=1S/C66H43NO2/c1-5-15-44(16-6-1)46-29-33-50(34-30-46)59-41-53(42-60(67-59)51-35-31-47(32-36-51)45-17-7-2-8-18-45)49-27-25-48(26-28-49)52-37-39-61-63(43-52)69-65-62(68-61)40-38-58-64(65)56-23-13-14-24-57(56)66(58,54-19-9-3-10-20-54)55-21-11-4-12-22-55/h1-43H. The fourth-order valence-corrected chi connectivity index (χ4v) is 10.5. The summed E-state index contributed by atoms with van der Waals surface area (Å²) in [7, 11) is 0. The van der Waals surface area contributed by atoms with Crippen molar-refractivity contribution in [3.63, 3.8) is 0 Å². The Bertz CT molecular complexity index is 3520. The highest BCUT2D eigenvalue weighted by atomic mass is 16.6. The van der Waals surface area contributed by atoms with Gasteiger partial charge in [-0.1, -0.05) is 231 Å². The molecule has 1 aromatic heterocycles. The molecule has 13 rings (SSSR count). The maximum absolute atomic E-state index is 7.04. The molecule has 0 unspecified atom stereocenters. The second kappa shape index (κ2) is 16.7. The highest BCUT2D eigenvalue weighted by Crippen LogP contribution is 2.62. The molecule has 0 atom stereocenters. The Morgan fingerprint density at radius 3 is 1.25 bits per heavy atom. The topological polar surface area (TPSA) is 31.4 Å². The van der Waals surface area contributed by atoms with Gasteiger partial charge in [0.15, 0.2) is 23.0 Å². The molecule has 1 aliphatic heterocycles. The molecule has 69 heavy (non-hydrogen) atoms. The lowest BCUT2D eigenvalue weighted by Gasteiger charge is -2.34. The molecule has 0 saturated heterocycles. The first kappa shape index (κ1) is 40.2. The summed E-state index contributed by atoms with van der Waals surface area (Å²) in [6.07, 6.45) is 0. The molecule has 0 bridgehead atoms. The smallest absolute Gasteiger partial charge is 0.178 e. The largest absolute Gasteiger partial charge is 0.449 e. The number of pyridine rings is 1. The highest BCUT2D eigenvalue weighted by Gasteiger charge is 2.48. The van der Waals surface area contributed by atoms with Crippen molar-refractivity contribution in [1.29, 1.82) is 0 Å². The minimum atomic E-state index is -0.535. The van der Waals surface area contributed by atoms with E-state index in [1.807, 2.05) is 6.07 Å². The van der Waals surface area contributed by atoms with Gasteiger partial charge in [-0.15, -0.1) is 0 Å². The molecule has 0 fully saturated rings. The van der Waals surface area contributed by atoms with E-state index in [4.69, 9.17) is 14.5 Å². The molecule has 1 aliphatic carbocycles. The van der Waals surface area contributed by atoms with E-state index in [1.165, 1.54) is 44.5 Å². The summed E-state index contributed by atoms with van der Waals surface area (Å²) in [5, 5.41) is 0. The van der Waals surface area contributed by atoms with Crippen molar-refractivity contribution in [2.75, 3.05) is 0 Å². The molecule has 0 radical (unpaired) electrons. The first-order valence-electron chi connectivity index (χ1n) is 23.5. The van der Waals surface area contributed by atoms with E-state index in [9.17, 15) is 0 Å². The van der Waals surface area contributed by atoms with Crippen LogP contribution in [0.15, 0.2) is 261 Å². The van der Waals surface area contributed by atoms with E-state index in [-0.39, 0.29) is 0 Å². The number of fused-ring (bicyclic) bond motifs is 6. The van der Waals surface area contributed by atoms with Crippen LogP contribution in [0.1, 0.15) is 22.3 Å². The summed E-state index contributed by atoms with van der Waals surface area (Å²) in [5.41, 5.74) is 19.5. The zero-order chi connectivity index (χ0) is 45.7. The minimum absolute atomic E-state index is 0.535. The fraction of sp³-hybridized carbons (Fsp3) is 0.0152. The van der Waals surface area contributed by atoms with Gasteiger partial charge in [0, 0.05) is 16.7 Å². The van der Waals surface area contributed by atoms with Gasteiger partial charge < -0.3 is 9.47 Å². The fourth-order valence-electron chi connectivity index (χ4n) is 10.5. The van der Waals surface area contributed by atoms with Gasteiger partial charge in [0.25, 0.3) is 0 Å². The Balaban J connectivity index is 0.853. The molecule has 3 nitrogen and oxygen atoms in total. The Morgan fingerprint density at radius 1 is 0.275 bits per heavy atom. The van der Waals surface area contributed by atoms with E-state index >= 15 is 0 Å². The highest BCUT2D eigenvalue weighted by molar-refractivity contribution is 5.92. The number of benzene rings is 10. The van der Waals surface area contributed by atoms with Crippen LogP contribution in [-0.2, 0) is 5.41 Å². The van der Waals surface area contributed by atoms with Crippen molar-refractivity contribution in [2.24, 2.45) is 0 Å². The van der Waals surface area contributed by atoms with Crippen molar-refractivity contribution in [1.82, 2.24) is 4.98 Å². The molecular formula is C66H43NO2. The Kier molecular flexibility index (Phi) is 9.73. The molecule has 0 N–H and O–H groups in total. The van der Waals surface area contributed by atoms with Gasteiger partial charge in [0.1, 0.15) is 0 Å². The predicted molar refractivity (Wildman–Crippen MR) is 281 cm³/mol. The van der Waals surface area contributed by atoms with E-state index in [0.29, 0.717) is 17.2 Å². The zero-order valence-electron chi connectivity index (χ0n) is 37.6. The van der Waals surface area contributed by atoms with Crippen LogP contribution in [0, 0.1) is 0 Å². The van der Waals surface area contributed by atoms with Gasteiger partial charge >= 0.3 is 0 Å². The predicted octanol–water partition coefficient (Wildman–Crippen LogP) is 17.3. The summed E-state index contributed by atoms with van der Waals surface area (Å²) >= 11 is 0. The lowest BCUT2D eigenvalue weighted by molar-refractivity contribution is 0.360. The Hall–Kier alpha value is -9.05. The third-order valence-electron chi connectivity index (χ3n) is 13.9. The molecule has 0 spiro atoms. The average Bonchev–Trinajstić information content (AvgIpc) is 3.75. The summed E-state index contributed by atoms with van der Waals surface area (Å²) in [6.45, 7) is 0. The number of nitrogens with zero attached hydrogens (tertiary/aromatic N) is 1. The quantitative estimate of drug-likeness (QED) is 0.152. The minimum Gasteiger partial charge on any atom is -0.449 e. The molecule has 0 amide bonds. The van der Waals surface area contributed by atoms with E-state index in [2.05, 4.69) is 255 Å². The van der Waals surface area contributed by atoms with E-state index in [0.717, 1.165) is 61.6 Å². The first-order chi connectivity index (χ1) is 34.2. The Morgan fingerprint density at radius 2 is 0.696 bits per heavy atom. The van der Waals surface area contributed by atoms with Crippen LogP contribution in [0.25, 0.3) is 78.1 Å². The lowest BCUT2D eigenvalue weighted by Crippen LogP contribution is -2.28. The van der Waals surface area contributed by atoms with Gasteiger partial charge in [-0.05, 0) is 103 Å². The third-order valence-corrected chi connectivity index (χ3v) is 13.9. The summed E-state index contributed by atoms with van der Waals surface area (Å²) in [6, 6.07) is 92.6. The monoisotopic (exact) mass is 881 g/mol. The van der Waals surface area contributed by atoms with Gasteiger partial charge in [0.2, 0.25) is 0 Å². The normalized spacial score (nSPS) is 12.7. The van der Waals surface area contributed by atoms with Crippen molar-refractivity contribution in [2.45, 2.75) is 5.41 Å². The molecular weight excluding hydrogens is 839 g/mol. The summed E-state index contributed by atoms with van der Waals surface area (Å²) in [5.74, 6) is 2.83. The molecule has 2 heterocycles. The maximum atomic E-state index is 7.04. The molecule has 3 heteroatoms. The van der Waals surface area contributed by atoms with Crippen molar-refractivity contribution >= 4 is 0 Å². The van der Waals surface area contributed by atoms with E-state index < -0.39 is 5.41 Å². The summed E-state index contributed by atoms with van der Waals surface area (Å²) < 4.78 is 13.7. The van der Waals surface area contributed by atoms with Crippen LogP contribution in [0.5, 0.6) is 23.0 Å². The van der Waals surface area contributed by atoms with Gasteiger partial charge in [-0.25, -0.2) is 4.98 Å². The second-order valence-electron chi connectivity index (χ2n) is 17.8. The lowest BCUT2D eigenvalue weighted by atomic mass is 9.68. The van der Waals surface area contributed by atoms with Crippen LogP contribution in [0.2, 0.25) is 0 Å². The number of aromatic nitrogens is 1. The number of hydrogen-bond acceptors (Lipinski definition) is 3. The number of hydrogen-bond donors (Lipinski definition) is 0. The Labute approximate surface area is 402 Å². The van der Waals surface area contributed by atoms with Crippen LogP contribution < -0.4 is 9.47 Å². The molecule has 324 valence electrons. The van der Waals surface area contributed by atoms with Gasteiger partial charge in [-0.2, -0.15) is 0 Å². The van der Waals surface area contributed by atoms with Crippen molar-refractivity contribution in [3.05, 3.63) is 283 Å². The average molecular weight is 882 g/mol. The first-order valence-corrected chi connectivity index (χ1v) is 23.5. The van der Waals surface area contributed by atoms with Gasteiger partial charge in [0.05, 0.1) is 16.8 Å². The van der Waals surface area contributed by atoms with Crippen LogP contribution in [0.4, 0.5) is 0 Å². The second-order valence-corrected chi connectivity index (χ2v) is 17.8. The van der Waals surface area contributed by atoms with E-state index in [1.54, 1.807) is 0 Å². The van der Waals surface area contributed by atoms with Crippen LogP contribution >= 0.6 is 0 Å².